The lowest BCUT2D eigenvalue weighted by atomic mass is 10.0. The van der Waals surface area contributed by atoms with Gasteiger partial charge in [-0.05, 0) is 24.1 Å². The Morgan fingerprint density at radius 1 is 1.60 bits per heavy atom. The number of carbonyl (C=O) groups is 1. The molecule has 1 aromatic rings. The highest BCUT2D eigenvalue weighted by molar-refractivity contribution is 6.30. The predicted octanol–water partition coefficient (Wildman–Crippen LogP) is 1.77. The summed E-state index contributed by atoms with van der Waals surface area (Å²) >= 11 is 5.83. The molecule has 0 radical (unpaired) electrons. The van der Waals surface area contributed by atoms with E-state index in [0.29, 0.717) is 11.4 Å². The third-order valence-electron chi connectivity index (χ3n) is 2.04. The summed E-state index contributed by atoms with van der Waals surface area (Å²) in [6.45, 7) is 0. The molecule has 0 unspecified atom stereocenters. The molecule has 0 bridgehead atoms. The predicted molar refractivity (Wildman–Crippen MR) is 59.8 cm³/mol. The molecule has 15 heavy (non-hydrogen) atoms. The molecule has 0 saturated carbocycles. The summed E-state index contributed by atoms with van der Waals surface area (Å²) in [7, 11) is 1.36. The van der Waals surface area contributed by atoms with Crippen LogP contribution in [0.2, 0.25) is 5.02 Å². The normalized spacial score (nSPS) is 12.2. The summed E-state index contributed by atoms with van der Waals surface area (Å²) in [5.41, 5.74) is 6.82. The largest absolute Gasteiger partial charge is 0.469 e. The van der Waals surface area contributed by atoms with Gasteiger partial charge in [0.1, 0.15) is 0 Å². The van der Waals surface area contributed by atoms with Crippen LogP contribution in [0, 0.1) is 0 Å². The first kappa shape index (κ1) is 12.0. The van der Waals surface area contributed by atoms with Gasteiger partial charge < -0.3 is 10.5 Å². The third-order valence-corrected chi connectivity index (χ3v) is 2.28. The SMILES string of the molecule is COC(=O)C[C@@H](N)Cc1cccc(Cl)c1. The second-order valence-corrected chi connectivity index (χ2v) is 3.81. The van der Waals surface area contributed by atoms with Gasteiger partial charge in [-0.25, -0.2) is 0 Å². The molecule has 0 spiro atoms. The van der Waals surface area contributed by atoms with Crippen LogP contribution in [0.15, 0.2) is 24.3 Å². The van der Waals surface area contributed by atoms with Crippen molar-refractivity contribution in [3.63, 3.8) is 0 Å². The fourth-order valence-electron chi connectivity index (χ4n) is 1.34. The maximum absolute atomic E-state index is 11.0. The minimum absolute atomic E-state index is 0.225. The Morgan fingerprint density at radius 2 is 2.33 bits per heavy atom. The molecule has 0 aromatic heterocycles. The molecule has 0 aliphatic rings. The summed E-state index contributed by atoms with van der Waals surface area (Å²) in [6.07, 6.45) is 0.846. The number of esters is 1. The van der Waals surface area contributed by atoms with Crippen LogP contribution in [-0.2, 0) is 16.0 Å². The summed E-state index contributed by atoms with van der Waals surface area (Å²) in [4.78, 5) is 11.0. The van der Waals surface area contributed by atoms with E-state index in [1.807, 2.05) is 18.2 Å². The minimum Gasteiger partial charge on any atom is -0.469 e. The molecule has 2 N–H and O–H groups in total. The quantitative estimate of drug-likeness (QED) is 0.798. The average Bonchev–Trinajstić information content (AvgIpc) is 2.17. The van der Waals surface area contributed by atoms with Crippen molar-refractivity contribution >= 4 is 17.6 Å². The lowest BCUT2D eigenvalue weighted by Crippen LogP contribution is -2.26. The highest BCUT2D eigenvalue weighted by Crippen LogP contribution is 2.12. The van der Waals surface area contributed by atoms with Crippen molar-refractivity contribution in [2.75, 3.05) is 7.11 Å². The van der Waals surface area contributed by atoms with Crippen molar-refractivity contribution in [3.8, 4) is 0 Å². The smallest absolute Gasteiger partial charge is 0.307 e. The molecule has 82 valence electrons. The van der Waals surface area contributed by atoms with E-state index in [4.69, 9.17) is 17.3 Å². The zero-order chi connectivity index (χ0) is 11.3. The van der Waals surface area contributed by atoms with Gasteiger partial charge in [0, 0.05) is 11.1 Å². The van der Waals surface area contributed by atoms with Gasteiger partial charge in [-0.1, -0.05) is 23.7 Å². The van der Waals surface area contributed by atoms with Crippen LogP contribution >= 0.6 is 11.6 Å². The van der Waals surface area contributed by atoms with Gasteiger partial charge >= 0.3 is 5.97 Å². The number of benzene rings is 1. The molecule has 1 rings (SSSR count). The van der Waals surface area contributed by atoms with Crippen molar-refractivity contribution in [3.05, 3.63) is 34.9 Å². The number of carbonyl (C=O) groups excluding carboxylic acids is 1. The molecule has 1 aromatic carbocycles. The first-order valence-electron chi connectivity index (χ1n) is 4.68. The van der Waals surface area contributed by atoms with Crippen molar-refractivity contribution in [1.82, 2.24) is 0 Å². The Hall–Kier alpha value is -1.06. The van der Waals surface area contributed by atoms with Gasteiger partial charge in [0.25, 0.3) is 0 Å². The maximum atomic E-state index is 11.0. The molecule has 3 nitrogen and oxygen atoms in total. The van der Waals surface area contributed by atoms with Crippen molar-refractivity contribution in [1.29, 1.82) is 0 Å². The fourth-order valence-corrected chi connectivity index (χ4v) is 1.55. The monoisotopic (exact) mass is 227 g/mol. The number of halogens is 1. The second kappa shape index (κ2) is 5.73. The number of hydrogen-bond donors (Lipinski definition) is 1. The lowest BCUT2D eigenvalue weighted by Gasteiger charge is -2.10. The van der Waals surface area contributed by atoms with Gasteiger partial charge in [0.05, 0.1) is 13.5 Å². The summed E-state index contributed by atoms with van der Waals surface area (Å²) in [6, 6.07) is 7.22. The highest BCUT2D eigenvalue weighted by atomic mass is 35.5. The molecule has 0 aliphatic heterocycles. The number of hydrogen-bond acceptors (Lipinski definition) is 3. The Morgan fingerprint density at radius 3 is 2.93 bits per heavy atom. The first-order valence-corrected chi connectivity index (χ1v) is 5.06. The number of ether oxygens (including phenoxy) is 1. The van der Waals surface area contributed by atoms with E-state index in [1.165, 1.54) is 7.11 Å². The Bertz CT molecular complexity index is 341. The van der Waals surface area contributed by atoms with Crippen molar-refractivity contribution in [2.45, 2.75) is 18.9 Å². The van der Waals surface area contributed by atoms with Gasteiger partial charge in [-0.15, -0.1) is 0 Å². The van der Waals surface area contributed by atoms with Crippen LogP contribution in [0.25, 0.3) is 0 Å². The zero-order valence-electron chi connectivity index (χ0n) is 8.57. The van der Waals surface area contributed by atoms with Crippen molar-refractivity contribution < 1.29 is 9.53 Å². The maximum Gasteiger partial charge on any atom is 0.307 e. The van der Waals surface area contributed by atoms with Gasteiger partial charge in [0.2, 0.25) is 0 Å². The third kappa shape index (κ3) is 4.32. The molecule has 0 aliphatic carbocycles. The fraction of sp³-hybridized carbons (Fsp3) is 0.364. The van der Waals surface area contributed by atoms with E-state index in [9.17, 15) is 4.79 Å². The summed E-state index contributed by atoms with van der Waals surface area (Å²) < 4.78 is 4.54. The molecular weight excluding hydrogens is 214 g/mol. The van der Waals surface area contributed by atoms with E-state index >= 15 is 0 Å². The second-order valence-electron chi connectivity index (χ2n) is 3.37. The standard InChI is InChI=1S/C11H14ClNO2/c1-15-11(14)7-10(13)6-8-3-2-4-9(12)5-8/h2-5,10H,6-7,13H2,1H3/t10-/m0/s1. The van der Waals surface area contributed by atoms with Crippen LogP contribution < -0.4 is 5.73 Å². The Balaban J connectivity index is 2.51. The average molecular weight is 228 g/mol. The van der Waals surface area contributed by atoms with Crippen LogP contribution in [0.1, 0.15) is 12.0 Å². The number of methoxy groups -OCH3 is 1. The van der Waals surface area contributed by atoms with E-state index in [-0.39, 0.29) is 18.4 Å². The molecule has 0 saturated heterocycles. The molecule has 4 heteroatoms. The van der Waals surface area contributed by atoms with Gasteiger partial charge in [-0.2, -0.15) is 0 Å². The van der Waals surface area contributed by atoms with Crippen LogP contribution in [0.3, 0.4) is 0 Å². The molecule has 0 amide bonds. The lowest BCUT2D eigenvalue weighted by molar-refractivity contribution is -0.140. The van der Waals surface area contributed by atoms with E-state index in [2.05, 4.69) is 4.74 Å². The topological polar surface area (TPSA) is 52.3 Å². The van der Waals surface area contributed by atoms with E-state index in [1.54, 1.807) is 6.07 Å². The van der Waals surface area contributed by atoms with Gasteiger partial charge in [-0.3, -0.25) is 4.79 Å². The summed E-state index contributed by atoms with van der Waals surface area (Å²) in [5.74, 6) is -0.287. The molecular formula is C11H14ClNO2. The Labute approximate surface area is 94.2 Å². The number of rotatable bonds is 4. The van der Waals surface area contributed by atoms with Crippen LogP contribution in [-0.4, -0.2) is 19.1 Å². The van der Waals surface area contributed by atoms with Crippen molar-refractivity contribution in [2.24, 2.45) is 5.73 Å². The Kier molecular flexibility index (Phi) is 4.59. The molecule has 0 heterocycles. The minimum atomic E-state index is -0.287. The zero-order valence-corrected chi connectivity index (χ0v) is 9.33. The highest BCUT2D eigenvalue weighted by Gasteiger charge is 2.10. The van der Waals surface area contributed by atoms with Crippen LogP contribution in [0.5, 0.6) is 0 Å². The van der Waals surface area contributed by atoms with E-state index in [0.717, 1.165) is 5.56 Å². The summed E-state index contributed by atoms with van der Waals surface area (Å²) in [5, 5.41) is 0.678. The number of nitrogens with two attached hydrogens (primary N) is 1. The molecule has 0 fully saturated rings. The van der Waals surface area contributed by atoms with Crippen LogP contribution in [0.4, 0.5) is 0 Å². The van der Waals surface area contributed by atoms with E-state index < -0.39 is 0 Å². The van der Waals surface area contributed by atoms with Gasteiger partial charge in [0.15, 0.2) is 0 Å². The molecule has 1 atom stereocenters. The first-order chi connectivity index (χ1) is 7.11.